The number of hydrogen-bond donors (Lipinski definition) is 1. The minimum Gasteiger partial charge on any atom is -0.351 e. The summed E-state index contributed by atoms with van der Waals surface area (Å²) < 4.78 is 2.01. The fourth-order valence-electron chi connectivity index (χ4n) is 1.66. The Bertz CT molecular complexity index is 504. The highest BCUT2D eigenvalue weighted by molar-refractivity contribution is 7.12. The predicted molar refractivity (Wildman–Crippen MR) is 70.8 cm³/mol. The number of amides is 1. The van der Waals surface area contributed by atoms with Gasteiger partial charge in [0.2, 0.25) is 0 Å². The summed E-state index contributed by atoms with van der Waals surface area (Å²) in [6.45, 7) is 4.73. The summed E-state index contributed by atoms with van der Waals surface area (Å²) in [5.74, 6) is 0.872. The van der Waals surface area contributed by atoms with Crippen molar-refractivity contribution in [1.29, 1.82) is 0 Å². The molecule has 0 saturated heterocycles. The molecule has 1 amide bonds. The predicted octanol–water partition coefficient (Wildman–Crippen LogP) is 1.89. The molecule has 0 fully saturated rings. The minimum absolute atomic E-state index is 0.0272. The number of hydrogen-bond acceptors (Lipinski definition) is 4. The molecule has 0 atom stereocenters. The summed E-state index contributed by atoms with van der Waals surface area (Å²) in [7, 11) is 0. The van der Waals surface area contributed by atoms with Crippen LogP contribution in [0.1, 0.15) is 35.4 Å². The fraction of sp³-hybridized carbons (Fsp3) is 0.417. The van der Waals surface area contributed by atoms with E-state index in [1.165, 1.54) is 11.3 Å². The summed E-state index contributed by atoms with van der Waals surface area (Å²) in [6, 6.07) is 4.02. The molecule has 0 spiro atoms. The van der Waals surface area contributed by atoms with Crippen molar-refractivity contribution in [2.45, 2.75) is 26.3 Å². The SMILES string of the molecule is CC(C)n1cnnc1CCNC(=O)c1cccs1. The van der Waals surface area contributed by atoms with Crippen LogP contribution in [0.3, 0.4) is 0 Å². The zero-order valence-corrected chi connectivity index (χ0v) is 11.3. The van der Waals surface area contributed by atoms with E-state index in [9.17, 15) is 4.79 Å². The number of nitrogens with one attached hydrogen (secondary N) is 1. The average molecular weight is 264 g/mol. The maximum Gasteiger partial charge on any atom is 0.261 e. The molecule has 0 radical (unpaired) electrons. The van der Waals surface area contributed by atoms with Crippen molar-refractivity contribution in [2.75, 3.05) is 6.54 Å². The first-order valence-electron chi connectivity index (χ1n) is 5.88. The Morgan fingerprint density at radius 3 is 3.06 bits per heavy atom. The normalized spacial score (nSPS) is 10.8. The lowest BCUT2D eigenvalue weighted by molar-refractivity contribution is 0.0958. The Labute approximate surface area is 110 Å². The van der Waals surface area contributed by atoms with Crippen LogP contribution in [-0.4, -0.2) is 27.2 Å². The highest BCUT2D eigenvalue weighted by Crippen LogP contribution is 2.08. The summed E-state index contributed by atoms with van der Waals surface area (Å²) in [5.41, 5.74) is 0. The molecule has 6 heteroatoms. The molecule has 0 unspecified atom stereocenters. The van der Waals surface area contributed by atoms with E-state index in [1.54, 1.807) is 6.33 Å². The minimum atomic E-state index is -0.0272. The molecule has 0 aliphatic heterocycles. The smallest absolute Gasteiger partial charge is 0.261 e. The number of nitrogens with zero attached hydrogens (tertiary/aromatic N) is 3. The molecule has 5 nitrogen and oxygen atoms in total. The van der Waals surface area contributed by atoms with E-state index in [0.29, 0.717) is 19.0 Å². The number of carbonyl (C=O) groups excluding carboxylic acids is 1. The van der Waals surface area contributed by atoms with Gasteiger partial charge in [0.05, 0.1) is 4.88 Å². The first-order valence-corrected chi connectivity index (χ1v) is 6.76. The van der Waals surface area contributed by atoms with Crippen LogP contribution < -0.4 is 5.32 Å². The molecular formula is C12H16N4OS. The third-order valence-electron chi connectivity index (χ3n) is 2.58. The van der Waals surface area contributed by atoms with Gasteiger partial charge >= 0.3 is 0 Å². The molecule has 2 heterocycles. The van der Waals surface area contributed by atoms with E-state index in [-0.39, 0.29) is 5.91 Å². The van der Waals surface area contributed by atoms with Crippen molar-refractivity contribution in [3.63, 3.8) is 0 Å². The number of rotatable bonds is 5. The van der Waals surface area contributed by atoms with Gasteiger partial charge in [-0.1, -0.05) is 6.07 Å². The van der Waals surface area contributed by atoms with Gasteiger partial charge in [-0.3, -0.25) is 4.79 Å². The van der Waals surface area contributed by atoms with Gasteiger partial charge in [-0.25, -0.2) is 0 Å². The molecule has 2 rings (SSSR count). The summed E-state index contributed by atoms with van der Waals surface area (Å²) in [4.78, 5) is 12.4. The molecule has 1 N–H and O–H groups in total. The monoisotopic (exact) mass is 264 g/mol. The third kappa shape index (κ3) is 2.95. The lowest BCUT2D eigenvalue weighted by Gasteiger charge is -2.10. The zero-order chi connectivity index (χ0) is 13.0. The van der Waals surface area contributed by atoms with Crippen LogP contribution in [0.5, 0.6) is 0 Å². The largest absolute Gasteiger partial charge is 0.351 e. The van der Waals surface area contributed by atoms with Crippen molar-refractivity contribution in [1.82, 2.24) is 20.1 Å². The molecule has 0 aliphatic rings. The molecular weight excluding hydrogens is 248 g/mol. The molecule has 0 saturated carbocycles. The van der Waals surface area contributed by atoms with Crippen molar-refractivity contribution < 1.29 is 4.79 Å². The zero-order valence-electron chi connectivity index (χ0n) is 10.5. The van der Waals surface area contributed by atoms with E-state index in [2.05, 4.69) is 29.4 Å². The van der Waals surface area contributed by atoms with Crippen LogP contribution in [0.4, 0.5) is 0 Å². The third-order valence-corrected chi connectivity index (χ3v) is 3.45. The van der Waals surface area contributed by atoms with E-state index in [4.69, 9.17) is 0 Å². The standard InChI is InChI=1S/C12H16N4OS/c1-9(2)16-8-14-15-11(16)5-6-13-12(17)10-4-3-7-18-10/h3-4,7-9H,5-6H2,1-2H3,(H,13,17). The Kier molecular flexibility index (Phi) is 4.09. The summed E-state index contributed by atoms with van der Waals surface area (Å²) in [6.07, 6.45) is 2.41. The fourth-order valence-corrected chi connectivity index (χ4v) is 2.30. The van der Waals surface area contributed by atoms with Crippen LogP contribution >= 0.6 is 11.3 Å². The van der Waals surface area contributed by atoms with Gasteiger partial charge < -0.3 is 9.88 Å². The maximum atomic E-state index is 11.7. The molecule has 96 valence electrons. The van der Waals surface area contributed by atoms with Crippen molar-refractivity contribution in [3.05, 3.63) is 34.5 Å². The second-order valence-corrected chi connectivity index (χ2v) is 5.18. The number of aromatic nitrogens is 3. The lowest BCUT2D eigenvalue weighted by atomic mass is 10.3. The molecule has 0 bridgehead atoms. The number of thiophene rings is 1. The van der Waals surface area contributed by atoms with Crippen LogP contribution in [0.25, 0.3) is 0 Å². The van der Waals surface area contributed by atoms with Gasteiger partial charge in [0, 0.05) is 19.0 Å². The Balaban J connectivity index is 1.85. The van der Waals surface area contributed by atoms with E-state index < -0.39 is 0 Å². The van der Waals surface area contributed by atoms with Crippen LogP contribution in [0.2, 0.25) is 0 Å². The van der Waals surface area contributed by atoms with E-state index >= 15 is 0 Å². The number of carbonyl (C=O) groups is 1. The second kappa shape index (κ2) is 5.77. The Hall–Kier alpha value is -1.69. The van der Waals surface area contributed by atoms with E-state index in [0.717, 1.165) is 10.7 Å². The van der Waals surface area contributed by atoms with Crippen molar-refractivity contribution in [2.24, 2.45) is 0 Å². The highest BCUT2D eigenvalue weighted by atomic mass is 32.1. The van der Waals surface area contributed by atoms with Crippen LogP contribution in [-0.2, 0) is 6.42 Å². The topological polar surface area (TPSA) is 59.8 Å². The lowest BCUT2D eigenvalue weighted by Crippen LogP contribution is -2.25. The molecule has 0 aliphatic carbocycles. The van der Waals surface area contributed by atoms with Gasteiger partial charge in [-0.15, -0.1) is 21.5 Å². The summed E-state index contributed by atoms with van der Waals surface area (Å²) >= 11 is 1.44. The second-order valence-electron chi connectivity index (χ2n) is 4.23. The Morgan fingerprint density at radius 2 is 2.39 bits per heavy atom. The first kappa shape index (κ1) is 12.8. The highest BCUT2D eigenvalue weighted by Gasteiger charge is 2.09. The van der Waals surface area contributed by atoms with Gasteiger partial charge in [-0.2, -0.15) is 0 Å². The molecule has 18 heavy (non-hydrogen) atoms. The van der Waals surface area contributed by atoms with Gasteiger partial charge in [0.1, 0.15) is 12.2 Å². The van der Waals surface area contributed by atoms with Crippen molar-refractivity contribution in [3.8, 4) is 0 Å². The van der Waals surface area contributed by atoms with E-state index in [1.807, 2.05) is 22.1 Å². The molecule has 0 aromatic carbocycles. The van der Waals surface area contributed by atoms with Gasteiger partial charge in [-0.05, 0) is 25.3 Å². The average Bonchev–Trinajstić information content (AvgIpc) is 2.99. The molecule has 2 aromatic heterocycles. The van der Waals surface area contributed by atoms with Crippen LogP contribution in [0, 0.1) is 0 Å². The molecule has 2 aromatic rings. The summed E-state index contributed by atoms with van der Waals surface area (Å²) in [5, 5.41) is 12.7. The quantitative estimate of drug-likeness (QED) is 0.897. The first-order chi connectivity index (χ1) is 8.68. The van der Waals surface area contributed by atoms with Crippen molar-refractivity contribution >= 4 is 17.2 Å². The van der Waals surface area contributed by atoms with Crippen LogP contribution in [0.15, 0.2) is 23.8 Å². The maximum absolute atomic E-state index is 11.7. The van der Waals surface area contributed by atoms with Gasteiger partial charge in [0.15, 0.2) is 0 Å². The van der Waals surface area contributed by atoms with Gasteiger partial charge in [0.25, 0.3) is 5.91 Å². The Morgan fingerprint density at radius 1 is 1.56 bits per heavy atom.